The number of hydrogen-bond donors (Lipinski definition) is 0. The number of aromatic nitrogens is 1. The van der Waals surface area contributed by atoms with Crippen molar-refractivity contribution in [3.05, 3.63) is 70.2 Å². The molecular formula is C13H12N2O2. The molecule has 0 spiro atoms. The van der Waals surface area contributed by atoms with E-state index in [9.17, 15) is 10.1 Å². The second kappa shape index (κ2) is 4.65. The molecule has 0 aliphatic carbocycles. The summed E-state index contributed by atoms with van der Waals surface area (Å²) < 4.78 is 1.90. The third kappa shape index (κ3) is 2.60. The predicted molar refractivity (Wildman–Crippen MR) is 66.5 cm³/mol. The van der Waals surface area contributed by atoms with Crippen LogP contribution in [-0.2, 0) is 0 Å². The van der Waals surface area contributed by atoms with Gasteiger partial charge in [0.2, 0.25) is 6.20 Å². The van der Waals surface area contributed by atoms with E-state index >= 15 is 0 Å². The first-order chi connectivity index (χ1) is 8.16. The van der Waals surface area contributed by atoms with Gasteiger partial charge in [0, 0.05) is 18.0 Å². The maximum absolute atomic E-state index is 10.3. The molecule has 0 saturated heterocycles. The Labute approximate surface area is 99.0 Å². The van der Waals surface area contributed by atoms with Crippen molar-refractivity contribution >= 4 is 6.08 Å². The van der Waals surface area contributed by atoms with Gasteiger partial charge in [0.25, 0.3) is 0 Å². The molecule has 0 amide bonds. The van der Waals surface area contributed by atoms with Gasteiger partial charge in [-0.2, -0.15) is 0 Å². The Hall–Kier alpha value is -2.36. The fraction of sp³-hybridized carbons (Fsp3) is 0.0769. The number of aryl methyl sites for hydroxylation is 1. The van der Waals surface area contributed by atoms with Gasteiger partial charge in [0.1, 0.15) is 0 Å². The Morgan fingerprint density at radius 3 is 2.59 bits per heavy atom. The molecule has 0 aliphatic heterocycles. The largest absolute Gasteiger partial charge is 0.317 e. The first-order valence-electron chi connectivity index (χ1n) is 5.23. The van der Waals surface area contributed by atoms with Crippen LogP contribution in [0, 0.1) is 17.0 Å². The number of rotatable bonds is 3. The van der Waals surface area contributed by atoms with Crippen molar-refractivity contribution in [1.29, 1.82) is 0 Å². The summed E-state index contributed by atoms with van der Waals surface area (Å²) in [6, 6.07) is 11.7. The Bertz CT molecular complexity index is 553. The van der Waals surface area contributed by atoms with Crippen molar-refractivity contribution in [2.75, 3.05) is 0 Å². The fourth-order valence-electron chi connectivity index (χ4n) is 1.61. The van der Waals surface area contributed by atoms with Gasteiger partial charge in [-0.3, -0.25) is 10.1 Å². The van der Waals surface area contributed by atoms with Crippen LogP contribution >= 0.6 is 0 Å². The summed E-state index contributed by atoms with van der Waals surface area (Å²) in [5.41, 5.74) is 2.96. The molecule has 0 atom stereocenters. The van der Waals surface area contributed by atoms with Crippen molar-refractivity contribution < 1.29 is 4.92 Å². The molecule has 1 heterocycles. The maximum Gasteiger partial charge on any atom is 0.236 e. The van der Waals surface area contributed by atoms with E-state index in [0.717, 1.165) is 17.6 Å². The van der Waals surface area contributed by atoms with E-state index in [1.165, 1.54) is 11.6 Å². The van der Waals surface area contributed by atoms with Gasteiger partial charge in [-0.15, -0.1) is 0 Å². The SMILES string of the molecule is Cc1ccc(-n2cccc2/C=C/[N+](=O)[O-])cc1. The molecule has 1 aromatic carbocycles. The van der Waals surface area contributed by atoms with Crippen LogP contribution in [0.25, 0.3) is 11.8 Å². The normalized spacial score (nSPS) is 10.9. The summed E-state index contributed by atoms with van der Waals surface area (Å²) in [6.07, 6.45) is 4.31. The second-order valence-electron chi connectivity index (χ2n) is 3.74. The average Bonchev–Trinajstić information content (AvgIpc) is 2.75. The van der Waals surface area contributed by atoms with Gasteiger partial charge in [0.05, 0.1) is 10.6 Å². The highest BCUT2D eigenvalue weighted by molar-refractivity contribution is 5.49. The molecule has 4 nitrogen and oxygen atoms in total. The van der Waals surface area contributed by atoms with Crippen LogP contribution in [0.2, 0.25) is 0 Å². The maximum atomic E-state index is 10.3. The van der Waals surface area contributed by atoms with Gasteiger partial charge < -0.3 is 4.57 Å². The molecule has 0 saturated carbocycles. The standard InChI is InChI=1S/C13H12N2O2/c1-11-4-6-13(7-5-11)14-9-2-3-12(14)8-10-15(16)17/h2-10H,1H3/b10-8+. The van der Waals surface area contributed by atoms with Crippen LogP contribution < -0.4 is 0 Å². The smallest absolute Gasteiger partial charge is 0.236 e. The lowest BCUT2D eigenvalue weighted by Gasteiger charge is -2.06. The molecular weight excluding hydrogens is 216 g/mol. The Kier molecular flexibility index (Phi) is 3.05. The number of nitrogens with zero attached hydrogens (tertiary/aromatic N) is 2. The van der Waals surface area contributed by atoms with Crippen LogP contribution in [0.5, 0.6) is 0 Å². The molecule has 0 unspecified atom stereocenters. The lowest BCUT2D eigenvalue weighted by Crippen LogP contribution is -1.95. The fourth-order valence-corrected chi connectivity index (χ4v) is 1.61. The molecule has 0 aliphatic rings. The first kappa shape index (κ1) is 11.1. The zero-order chi connectivity index (χ0) is 12.3. The lowest BCUT2D eigenvalue weighted by molar-refractivity contribution is -0.401. The lowest BCUT2D eigenvalue weighted by atomic mass is 10.2. The van der Waals surface area contributed by atoms with E-state index in [0.29, 0.717) is 0 Å². The molecule has 2 aromatic rings. The van der Waals surface area contributed by atoms with Crippen molar-refractivity contribution in [2.45, 2.75) is 6.92 Å². The highest BCUT2D eigenvalue weighted by Gasteiger charge is 2.01. The number of nitro groups is 1. The zero-order valence-corrected chi connectivity index (χ0v) is 9.41. The van der Waals surface area contributed by atoms with Gasteiger partial charge >= 0.3 is 0 Å². The highest BCUT2D eigenvalue weighted by atomic mass is 16.6. The molecule has 4 heteroatoms. The average molecular weight is 228 g/mol. The molecule has 0 radical (unpaired) electrons. The van der Waals surface area contributed by atoms with E-state index in [2.05, 4.69) is 0 Å². The topological polar surface area (TPSA) is 48.1 Å². The summed E-state index contributed by atoms with van der Waals surface area (Å²) in [4.78, 5) is 9.83. The third-order valence-corrected chi connectivity index (χ3v) is 2.46. The Balaban J connectivity index is 2.36. The van der Waals surface area contributed by atoms with Crippen LogP contribution in [-0.4, -0.2) is 9.49 Å². The zero-order valence-electron chi connectivity index (χ0n) is 9.41. The monoisotopic (exact) mass is 228 g/mol. The van der Waals surface area contributed by atoms with Gasteiger partial charge in [-0.05, 0) is 31.2 Å². The van der Waals surface area contributed by atoms with Crippen molar-refractivity contribution in [3.8, 4) is 5.69 Å². The van der Waals surface area contributed by atoms with Crippen LogP contribution in [0.1, 0.15) is 11.3 Å². The van der Waals surface area contributed by atoms with Crippen LogP contribution in [0.15, 0.2) is 48.8 Å². The minimum absolute atomic E-state index is 0.466. The quantitative estimate of drug-likeness (QED) is 0.598. The van der Waals surface area contributed by atoms with Gasteiger partial charge in [-0.1, -0.05) is 17.7 Å². The van der Waals surface area contributed by atoms with Crippen LogP contribution in [0.3, 0.4) is 0 Å². The Morgan fingerprint density at radius 1 is 1.24 bits per heavy atom. The number of benzene rings is 1. The van der Waals surface area contributed by atoms with Crippen molar-refractivity contribution in [1.82, 2.24) is 4.57 Å². The van der Waals surface area contributed by atoms with E-state index < -0.39 is 4.92 Å². The predicted octanol–water partition coefficient (Wildman–Crippen LogP) is 3.03. The minimum Gasteiger partial charge on any atom is -0.317 e. The molecule has 86 valence electrons. The summed E-state index contributed by atoms with van der Waals surface area (Å²) in [6.45, 7) is 2.02. The Morgan fingerprint density at radius 2 is 1.94 bits per heavy atom. The van der Waals surface area contributed by atoms with E-state index in [1.807, 2.05) is 54.1 Å². The molecule has 1 aromatic heterocycles. The number of hydrogen-bond acceptors (Lipinski definition) is 2. The molecule has 17 heavy (non-hydrogen) atoms. The van der Waals surface area contributed by atoms with Crippen molar-refractivity contribution in [2.24, 2.45) is 0 Å². The highest BCUT2D eigenvalue weighted by Crippen LogP contribution is 2.14. The van der Waals surface area contributed by atoms with Crippen molar-refractivity contribution in [3.63, 3.8) is 0 Å². The summed E-state index contributed by atoms with van der Waals surface area (Å²) >= 11 is 0. The van der Waals surface area contributed by atoms with E-state index in [1.54, 1.807) is 0 Å². The minimum atomic E-state index is -0.466. The van der Waals surface area contributed by atoms with Gasteiger partial charge in [0.15, 0.2) is 0 Å². The first-order valence-corrected chi connectivity index (χ1v) is 5.23. The molecule has 0 fully saturated rings. The summed E-state index contributed by atoms with van der Waals surface area (Å²) in [7, 11) is 0. The summed E-state index contributed by atoms with van der Waals surface area (Å²) in [5, 5.41) is 10.3. The summed E-state index contributed by atoms with van der Waals surface area (Å²) in [5.74, 6) is 0. The second-order valence-corrected chi connectivity index (χ2v) is 3.74. The third-order valence-electron chi connectivity index (χ3n) is 2.46. The van der Waals surface area contributed by atoms with E-state index in [-0.39, 0.29) is 0 Å². The molecule has 0 N–H and O–H groups in total. The molecule has 2 rings (SSSR count). The van der Waals surface area contributed by atoms with E-state index in [4.69, 9.17) is 0 Å². The molecule has 0 bridgehead atoms. The van der Waals surface area contributed by atoms with Gasteiger partial charge in [-0.25, -0.2) is 0 Å². The van der Waals surface area contributed by atoms with Crippen LogP contribution in [0.4, 0.5) is 0 Å².